The van der Waals surface area contributed by atoms with Crippen molar-refractivity contribution in [1.29, 1.82) is 0 Å². The molecule has 9 heteroatoms. The molecular weight excluding hydrogens is 256 g/mol. The van der Waals surface area contributed by atoms with E-state index < -0.39 is 0 Å². The highest BCUT2D eigenvalue weighted by Gasteiger charge is 2.14. The highest BCUT2D eigenvalue weighted by Crippen LogP contribution is 2.19. The maximum absolute atomic E-state index is 8.57. The van der Waals surface area contributed by atoms with Gasteiger partial charge in [0.2, 0.25) is 0 Å². The minimum absolute atomic E-state index is 0.113. The number of imidazole rings is 1. The van der Waals surface area contributed by atoms with Crippen LogP contribution in [0.3, 0.4) is 0 Å². The fraction of sp³-hybridized carbons (Fsp3) is 0.333. The number of nitrogens with two attached hydrogens (primary N) is 1. The summed E-state index contributed by atoms with van der Waals surface area (Å²) < 4.78 is 6.59. The second-order valence-electron chi connectivity index (χ2n) is 3.42. The van der Waals surface area contributed by atoms with Gasteiger partial charge < -0.3 is 15.5 Å². The van der Waals surface area contributed by atoms with Crippen LogP contribution >= 0.6 is 11.8 Å². The Morgan fingerprint density at radius 2 is 2.44 bits per heavy atom. The van der Waals surface area contributed by atoms with Crippen molar-refractivity contribution < 1.29 is 9.84 Å². The van der Waals surface area contributed by atoms with Crippen LogP contribution in [0.4, 0.5) is 0 Å². The number of hydrogen-bond donors (Lipinski definition) is 2. The van der Waals surface area contributed by atoms with Crippen molar-refractivity contribution in [2.45, 2.75) is 18.5 Å². The van der Waals surface area contributed by atoms with Crippen LogP contribution in [0.5, 0.6) is 0 Å². The van der Waals surface area contributed by atoms with Crippen LogP contribution in [0.1, 0.15) is 11.5 Å². The molecule has 3 N–H and O–H groups in total. The summed E-state index contributed by atoms with van der Waals surface area (Å²) in [4.78, 5) is 4.13. The van der Waals surface area contributed by atoms with Gasteiger partial charge in [-0.15, -0.1) is 0 Å². The Labute approximate surface area is 107 Å². The molecule has 0 saturated carbocycles. The zero-order valence-corrected chi connectivity index (χ0v) is 10.5. The average Bonchev–Trinajstić information content (AvgIpc) is 2.98. The number of amidine groups is 1. The summed E-state index contributed by atoms with van der Waals surface area (Å²) in [6.07, 6.45) is 3.65. The molecule has 0 bridgehead atoms. The van der Waals surface area contributed by atoms with E-state index in [1.165, 1.54) is 11.8 Å². The maximum atomic E-state index is 8.57. The third-order valence-electron chi connectivity index (χ3n) is 2.30. The molecular formula is C9H12N6O2S. The summed E-state index contributed by atoms with van der Waals surface area (Å²) in [5.74, 6) is 1.58. The van der Waals surface area contributed by atoms with Crippen LogP contribution in [0.25, 0.3) is 0 Å². The average molecular weight is 268 g/mol. The first-order valence-electron chi connectivity index (χ1n) is 5.13. The van der Waals surface area contributed by atoms with E-state index in [4.69, 9.17) is 10.9 Å². The lowest BCUT2D eigenvalue weighted by atomic mass is 10.4. The van der Waals surface area contributed by atoms with Crippen molar-refractivity contribution >= 4 is 17.6 Å². The predicted molar refractivity (Wildman–Crippen MR) is 64.5 cm³/mol. The molecule has 0 aliphatic heterocycles. The molecule has 0 saturated heterocycles. The Balaban J connectivity index is 1.95. The molecule has 2 aromatic heterocycles. The number of thioether (sulfide) groups is 1. The van der Waals surface area contributed by atoms with Gasteiger partial charge in [0.25, 0.3) is 0 Å². The van der Waals surface area contributed by atoms with Gasteiger partial charge in [0.05, 0.1) is 0 Å². The number of aromatic nitrogens is 4. The molecule has 0 aromatic carbocycles. The van der Waals surface area contributed by atoms with Gasteiger partial charge >= 0.3 is 0 Å². The predicted octanol–water partition coefficient (Wildman–Crippen LogP) is 0.461. The van der Waals surface area contributed by atoms with Crippen LogP contribution in [0, 0.1) is 6.92 Å². The van der Waals surface area contributed by atoms with Gasteiger partial charge in [-0.1, -0.05) is 16.9 Å². The van der Waals surface area contributed by atoms with Crippen molar-refractivity contribution in [2.24, 2.45) is 10.9 Å². The molecule has 2 aromatic rings. The molecule has 0 amide bonds. The largest absolute Gasteiger partial charge is 0.409 e. The first-order chi connectivity index (χ1) is 8.72. The van der Waals surface area contributed by atoms with Gasteiger partial charge in [-0.3, -0.25) is 0 Å². The van der Waals surface area contributed by atoms with E-state index in [0.29, 0.717) is 5.03 Å². The monoisotopic (exact) mass is 268 g/mol. The molecule has 0 unspecified atom stereocenters. The van der Waals surface area contributed by atoms with Crippen molar-refractivity contribution in [3.05, 3.63) is 23.9 Å². The number of aryl methyl sites for hydroxylation is 2. The molecule has 8 nitrogen and oxygen atoms in total. The number of oxime groups is 1. The fourth-order valence-corrected chi connectivity index (χ4v) is 2.21. The van der Waals surface area contributed by atoms with Gasteiger partial charge in [0.15, 0.2) is 16.6 Å². The Morgan fingerprint density at radius 3 is 3.11 bits per heavy atom. The van der Waals surface area contributed by atoms with E-state index in [2.05, 4.69) is 25.1 Å². The first-order valence-corrected chi connectivity index (χ1v) is 6.12. The minimum Gasteiger partial charge on any atom is -0.409 e. The molecule has 0 fully saturated rings. The molecule has 18 heavy (non-hydrogen) atoms. The highest BCUT2D eigenvalue weighted by atomic mass is 32.2. The van der Waals surface area contributed by atoms with E-state index in [0.717, 1.165) is 18.1 Å². The Kier molecular flexibility index (Phi) is 3.82. The standard InChI is InChI=1S/C9H12N6O2S/c1-6-11-2-3-15(6)4-5-18-9-7(8(10)12-16)13-17-14-9/h2-3,16H,4-5H2,1H3,(H2,10,12). The lowest BCUT2D eigenvalue weighted by Crippen LogP contribution is -2.14. The highest BCUT2D eigenvalue weighted by molar-refractivity contribution is 7.99. The molecule has 0 radical (unpaired) electrons. The summed E-state index contributed by atoms with van der Waals surface area (Å²) in [7, 11) is 0. The third kappa shape index (κ3) is 2.62. The second kappa shape index (κ2) is 5.54. The summed E-state index contributed by atoms with van der Waals surface area (Å²) in [5.41, 5.74) is 5.69. The number of nitrogens with zero attached hydrogens (tertiary/aromatic N) is 5. The van der Waals surface area contributed by atoms with E-state index >= 15 is 0 Å². The van der Waals surface area contributed by atoms with Crippen LogP contribution in [-0.2, 0) is 6.54 Å². The maximum Gasteiger partial charge on any atom is 0.195 e. The van der Waals surface area contributed by atoms with Crippen molar-refractivity contribution in [3.63, 3.8) is 0 Å². The summed E-state index contributed by atoms with van der Waals surface area (Å²) >= 11 is 1.42. The zero-order valence-electron chi connectivity index (χ0n) is 9.65. The summed E-state index contributed by atoms with van der Waals surface area (Å²) in [5, 5.41) is 19.2. The second-order valence-corrected chi connectivity index (χ2v) is 4.50. The van der Waals surface area contributed by atoms with E-state index in [1.54, 1.807) is 6.20 Å². The Hall–Kier alpha value is -2.03. The smallest absolute Gasteiger partial charge is 0.195 e. The van der Waals surface area contributed by atoms with Crippen LogP contribution in [0.15, 0.2) is 27.2 Å². The Bertz CT molecular complexity index is 549. The summed E-state index contributed by atoms with van der Waals surface area (Å²) in [6.45, 7) is 2.71. The molecule has 0 aliphatic carbocycles. The van der Waals surface area contributed by atoms with Crippen molar-refractivity contribution in [1.82, 2.24) is 19.9 Å². The van der Waals surface area contributed by atoms with Crippen LogP contribution < -0.4 is 5.73 Å². The van der Waals surface area contributed by atoms with E-state index in [-0.39, 0.29) is 11.5 Å². The minimum atomic E-state index is -0.113. The SMILES string of the molecule is Cc1nccn1CCSc1nonc1/C(N)=N/O. The van der Waals surface area contributed by atoms with Crippen molar-refractivity contribution in [3.8, 4) is 0 Å². The topological polar surface area (TPSA) is 115 Å². The van der Waals surface area contributed by atoms with Crippen LogP contribution in [0.2, 0.25) is 0 Å². The third-order valence-corrected chi connectivity index (χ3v) is 3.23. The molecule has 0 aliphatic rings. The molecule has 0 spiro atoms. The molecule has 0 atom stereocenters. The van der Waals surface area contributed by atoms with Gasteiger partial charge in [-0.2, -0.15) is 0 Å². The van der Waals surface area contributed by atoms with Gasteiger partial charge in [-0.05, 0) is 17.2 Å². The lowest BCUT2D eigenvalue weighted by molar-refractivity contribution is 0.296. The van der Waals surface area contributed by atoms with Gasteiger partial charge in [0, 0.05) is 24.7 Å². The molecule has 2 heterocycles. The number of rotatable bonds is 5. The zero-order chi connectivity index (χ0) is 13.0. The summed E-state index contributed by atoms with van der Waals surface area (Å²) in [6, 6.07) is 0. The van der Waals surface area contributed by atoms with Gasteiger partial charge in [0.1, 0.15) is 5.82 Å². The van der Waals surface area contributed by atoms with Crippen LogP contribution in [-0.4, -0.2) is 36.7 Å². The quantitative estimate of drug-likeness (QED) is 0.266. The number of hydrogen-bond acceptors (Lipinski definition) is 7. The lowest BCUT2D eigenvalue weighted by Gasteiger charge is -2.03. The van der Waals surface area contributed by atoms with Gasteiger partial charge in [-0.25, -0.2) is 9.61 Å². The normalized spacial score (nSPS) is 11.9. The molecule has 2 rings (SSSR count). The van der Waals surface area contributed by atoms with Crippen molar-refractivity contribution in [2.75, 3.05) is 5.75 Å². The van der Waals surface area contributed by atoms with E-state index in [9.17, 15) is 0 Å². The van der Waals surface area contributed by atoms with E-state index in [1.807, 2.05) is 17.7 Å². The molecule has 96 valence electrons. The Morgan fingerprint density at radius 1 is 1.61 bits per heavy atom. The first kappa shape index (κ1) is 12.4. The fourth-order valence-electron chi connectivity index (χ4n) is 1.36.